The maximum absolute atomic E-state index is 13.8. The van der Waals surface area contributed by atoms with Crippen molar-refractivity contribution in [2.45, 2.75) is 79.2 Å². The van der Waals surface area contributed by atoms with Gasteiger partial charge in [-0.2, -0.15) is 0 Å². The maximum Gasteiger partial charge on any atom is 0.269 e. The highest BCUT2D eigenvalue weighted by atomic mass is 16.6. The van der Waals surface area contributed by atoms with Crippen molar-refractivity contribution in [1.82, 2.24) is 0 Å². The van der Waals surface area contributed by atoms with Gasteiger partial charge >= 0.3 is 0 Å². The van der Waals surface area contributed by atoms with Crippen LogP contribution >= 0.6 is 0 Å². The molecule has 5 rings (SSSR count). The molecule has 3 aliphatic rings. The molecule has 1 heterocycles. The molecule has 8 nitrogen and oxygen atoms in total. The molecular weight excluding hydrogens is 546 g/mol. The lowest BCUT2D eigenvalue weighted by Crippen LogP contribution is -2.37. The number of non-ortho nitro benzene ring substituents is 1. The molecule has 0 unspecified atom stereocenters. The summed E-state index contributed by atoms with van der Waals surface area (Å²) >= 11 is 0. The Bertz CT molecular complexity index is 1510. The number of Topliss-reactive ketones (excluding diaryl/α,β-unsaturated/α-hetero) is 2. The number of hydrogen-bond acceptors (Lipinski definition) is 7. The predicted octanol–water partition coefficient (Wildman–Crippen LogP) is 7.70. The van der Waals surface area contributed by atoms with Crippen LogP contribution in [0.15, 0.2) is 71.7 Å². The van der Waals surface area contributed by atoms with Gasteiger partial charge in [-0.1, -0.05) is 39.8 Å². The van der Waals surface area contributed by atoms with Gasteiger partial charge in [-0.25, -0.2) is 0 Å². The Labute approximate surface area is 252 Å². The summed E-state index contributed by atoms with van der Waals surface area (Å²) in [6.45, 7) is 14.6. The summed E-state index contributed by atoms with van der Waals surface area (Å²) < 4.78 is 18.8. The van der Waals surface area contributed by atoms with E-state index in [9.17, 15) is 19.7 Å². The Morgan fingerprint density at radius 1 is 0.953 bits per heavy atom. The van der Waals surface area contributed by atoms with Crippen molar-refractivity contribution in [3.8, 4) is 11.5 Å². The zero-order valence-corrected chi connectivity index (χ0v) is 25.6. The number of benzene rings is 2. The van der Waals surface area contributed by atoms with Gasteiger partial charge in [0.1, 0.15) is 18.1 Å². The van der Waals surface area contributed by atoms with Gasteiger partial charge < -0.3 is 14.2 Å². The molecule has 0 atom stereocenters. The second-order valence-electron chi connectivity index (χ2n) is 13.2. The lowest BCUT2D eigenvalue weighted by atomic mass is 9.65. The standard InChI is InChI=1S/C35H39NO7/c1-7-9-22-14-23(15-27(41-8-2)33(22)42-20-21-10-12-24(13-11-21)36(39)40)30-31-25(37)16-34(3,4)18-28(31)43-29-19-35(5,6)17-26(38)32(29)30/h7,10-15,30H,1,8-9,16-20H2,2-6H3. The Kier molecular flexibility index (Phi) is 8.07. The fourth-order valence-corrected chi connectivity index (χ4v) is 6.46. The summed E-state index contributed by atoms with van der Waals surface area (Å²) in [4.78, 5) is 38.1. The second kappa shape index (κ2) is 11.5. The molecule has 2 aromatic carbocycles. The Morgan fingerprint density at radius 3 is 2.05 bits per heavy atom. The van der Waals surface area contributed by atoms with Crippen LogP contribution in [0, 0.1) is 20.9 Å². The summed E-state index contributed by atoms with van der Waals surface area (Å²) in [5.74, 6) is 1.81. The summed E-state index contributed by atoms with van der Waals surface area (Å²) in [7, 11) is 0. The van der Waals surface area contributed by atoms with Gasteiger partial charge in [0.25, 0.3) is 5.69 Å². The third-order valence-corrected chi connectivity index (χ3v) is 8.26. The van der Waals surface area contributed by atoms with Crippen LogP contribution in [0.1, 0.15) is 82.9 Å². The van der Waals surface area contributed by atoms with Gasteiger partial charge in [-0.05, 0) is 53.5 Å². The van der Waals surface area contributed by atoms with Gasteiger partial charge in [0.15, 0.2) is 23.1 Å². The number of ketones is 2. The minimum absolute atomic E-state index is 0.00200. The zero-order valence-electron chi connectivity index (χ0n) is 25.6. The average molecular weight is 586 g/mol. The van der Waals surface area contributed by atoms with Crippen molar-refractivity contribution in [2.24, 2.45) is 10.8 Å². The van der Waals surface area contributed by atoms with Crippen LogP contribution in [0.3, 0.4) is 0 Å². The van der Waals surface area contributed by atoms with Crippen molar-refractivity contribution in [2.75, 3.05) is 6.61 Å². The molecule has 1 aliphatic heterocycles. The van der Waals surface area contributed by atoms with E-state index >= 15 is 0 Å². The van der Waals surface area contributed by atoms with Crippen LogP contribution < -0.4 is 9.47 Å². The number of carbonyl (C=O) groups is 2. The van der Waals surface area contributed by atoms with E-state index in [1.807, 2.05) is 19.1 Å². The topological polar surface area (TPSA) is 105 Å². The number of nitro groups is 1. The number of rotatable bonds is 9. The van der Waals surface area contributed by atoms with Gasteiger partial charge in [-0.15, -0.1) is 6.58 Å². The highest BCUT2D eigenvalue weighted by molar-refractivity contribution is 6.06. The van der Waals surface area contributed by atoms with E-state index in [2.05, 4.69) is 34.3 Å². The first kappa shape index (κ1) is 30.3. The summed E-state index contributed by atoms with van der Waals surface area (Å²) in [6, 6.07) is 10.1. The minimum Gasteiger partial charge on any atom is -0.490 e. The van der Waals surface area contributed by atoms with E-state index in [-0.39, 0.29) is 34.7 Å². The molecule has 0 fully saturated rings. The van der Waals surface area contributed by atoms with Crippen LogP contribution in [0.5, 0.6) is 11.5 Å². The van der Waals surface area contributed by atoms with Crippen molar-refractivity contribution < 1.29 is 28.7 Å². The Hall–Kier alpha value is -4.20. The van der Waals surface area contributed by atoms with E-state index in [4.69, 9.17) is 14.2 Å². The molecule has 0 amide bonds. The third-order valence-electron chi connectivity index (χ3n) is 8.26. The van der Waals surface area contributed by atoms with Crippen molar-refractivity contribution >= 4 is 17.3 Å². The molecule has 8 heteroatoms. The van der Waals surface area contributed by atoms with Crippen LogP contribution in [0.25, 0.3) is 0 Å². The number of ether oxygens (including phenoxy) is 3. The van der Waals surface area contributed by atoms with E-state index in [0.29, 0.717) is 72.9 Å². The molecule has 0 saturated heterocycles. The molecule has 0 radical (unpaired) electrons. The first-order valence-electron chi connectivity index (χ1n) is 14.8. The maximum atomic E-state index is 13.8. The van der Waals surface area contributed by atoms with Crippen LogP contribution in [0.4, 0.5) is 5.69 Å². The lowest BCUT2D eigenvalue weighted by Gasteiger charge is -2.42. The van der Waals surface area contributed by atoms with Crippen molar-refractivity contribution in [3.05, 3.63) is 98.5 Å². The van der Waals surface area contributed by atoms with Crippen molar-refractivity contribution in [1.29, 1.82) is 0 Å². The molecule has 226 valence electrons. The van der Waals surface area contributed by atoms with E-state index in [0.717, 1.165) is 16.7 Å². The number of hydrogen-bond donors (Lipinski definition) is 0. The Balaban J connectivity index is 1.62. The number of carbonyl (C=O) groups excluding carboxylic acids is 2. The lowest BCUT2D eigenvalue weighted by molar-refractivity contribution is -0.384. The van der Waals surface area contributed by atoms with Gasteiger partial charge in [0.05, 0.1) is 11.5 Å². The summed E-state index contributed by atoms with van der Waals surface area (Å²) in [5, 5.41) is 11.1. The van der Waals surface area contributed by atoms with E-state index in [1.165, 1.54) is 12.1 Å². The Morgan fingerprint density at radius 2 is 1.53 bits per heavy atom. The largest absolute Gasteiger partial charge is 0.490 e. The molecule has 0 aromatic heterocycles. The quantitative estimate of drug-likeness (QED) is 0.169. The van der Waals surface area contributed by atoms with Crippen LogP contribution in [-0.4, -0.2) is 23.1 Å². The molecule has 0 N–H and O–H groups in total. The van der Waals surface area contributed by atoms with Crippen molar-refractivity contribution in [3.63, 3.8) is 0 Å². The predicted molar refractivity (Wildman–Crippen MR) is 163 cm³/mol. The van der Waals surface area contributed by atoms with Gasteiger partial charge in [0, 0.05) is 60.4 Å². The first-order valence-corrected chi connectivity index (χ1v) is 14.8. The molecular formula is C35H39NO7. The smallest absolute Gasteiger partial charge is 0.269 e. The van der Waals surface area contributed by atoms with E-state index < -0.39 is 10.8 Å². The highest BCUT2D eigenvalue weighted by Gasteiger charge is 2.48. The molecule has 0 spiro atoms. The monoisotopic (exact) mass is 585 g/mol. The number of allylic oxidation sites excluding steroid dienone is 5. The minimum atomic E-state index is -0.558. The fraction of sp³-hybridized carbons (Fsp3) is 0.429. The summed E-state index contributed by atoms with van der Waals surface area (Å²) in [6.07, 6.45) is 4.22. The normalized spacial score (nSPS) is 19.4. The van der Waals surface area contributed by atoms with Crippen LogP contribution in [0.2, 0.25) is 0 Å². The second-order valence-corrected chi connectivity index (χ2v) is 13.2. The SMILES string of the molecule is C=CCc1cc(C2C3=C(CC(C)(C)CC3=O)OC3=C2C(=O)CC(C)(C)C3)cc(OCC)c1OCc1ccc([N+](=O)[O-])cc1. The third kappa shape index (κ3) is 6.14. The molecule has 2 aliphatic carbocycles. The van der Waals surface area contributed by atoms with Gasteiger partial charge in [-0.3, -0.25) is 19.7 Å². The average Bonchev–Trinajstić information content (AvgIpc) is 2.90. The molecule has 0 bridgehead atoms. The zero-order chi connectivity index (χ0) is 31.1. The molecule has 2 aromatic rings. The van der Waals surface area contributed by atoms with Gasteiger partial charge in [0.2, 0.25) is 0 Å². The number of nitro benzene ring substituents is 1. The first-order chi connectivity index (χ1) is 20.3. The highest BCUT2D eigenvalue weighted by Crippen LogP contribution is 2.54. The number of nitrogens with zero attached hydrogens (tertiary/aromatic N) is 1. The molecule has 0 saturated carbocycles. The fourth-order valence-electron chi connectivity index (χ4n) is 6.46. The van der Waals surface area contributed by atoms with Crippen LogP contribution in [-0.2, 0) is 27.4 Å². The van der Waals surface area contributed by atoms with E-state index in [1.54, 1.807) is 18.2 Å². The molecule has 43 heavy (non-hydrogen) atoms. The summed E-state index contributed by atoms with van der Waals surface area (Å²) in [5.41, 5.74) is 3.01.